The van der Waals surface area contributed by atoms with E-state index in [1.54, 1.807) is 11.3 Å². The van der Waals surface area contributed by atoms with Crippen LogP contribution >= 0.6 is 0 Å². The molecule has 3 aliphatic heterocycles. The Bertz CT molecular complexity index is 891. The molecule has 0 saturated carbocycles. The third-order valence-electron chi connectivity index (χ3n) is 8.35. The van der Waals surface area contributed by atoms with Gasteiger partial charge >= 0.3 is 0 Å². The molecule has 5 rings (SSSR count). The van der Waals surface area contributed by atoms with Gasteiger partial charge in [0.15, 0.2) is 0 Å². The SMILES string of the molecule is C=C(CC)C1C[C@]2(CC)CCCN3CCc4c(n1c1ccccc41)[C@@]32C. The number of aromatic nitrogens is 1. The molecule has 26 heavy (non-hydrogen) atoms. The van der Waals surface area contributed by atoms with E-state index < -0.39 is 0 Å². The lowest BCUT2D eigenvalue weighted by molar-refractivity contribution is -0.107. The number of para-hydroxylation sites is 1. The third kappa shape index (κ3) is 1.77. The van der Waals surface area contributed by atoms with Gasteiger partial charge in [-0.3, -0.25) is 4.90 Å². The highest BCUT2D eigenvalue weighted by Gasteiger charge is 2.60. The second-order valence-electron chi connectivity index (χ2n) is 8.99. The number of nitrogens with zero attached hydrogens (tertiary/aromatic N) is 2. The zero-order valence-corrected chi connectivity index (χ0v) is 16.6. The normalized spacial score (nSPS) is 33.3. The van der Waals surface area contributed by atoms with Crippen LogP contribution in [0, 0.1) is 5.41 Å². The quantitative estimate of drug-likeness (QED) is 0.635. The number of benzene rings is 1. The Balaban J connectivity index is 1.90. The van der Waals surface area contributed by atoms with Crippen molar-refractivity contribution in [2.45, 2.75) is 70.9 Å². The molecule has 2 nitrogen and oxygen atoms in total. The average Bonchev–Trinajstić information content (AvgIpc) is 3.01. The molecule has 0 radical (unpaired) electrons. The van der Waals surface area contributed by atoms with Crippen molar-refractivity contribution in [2.75, 3.05) is 13.1 Å². The van der Waals surface area contributed by atoms with E-state index in [-0.39, 0.29) is 5.54 Å². The van der Waals surface area contributed by atoms with Crippen LogP contribution in [-0.4, -0.2) is 22.6 Å². The first-order valence-electron chi connectivity index (χ1n) is 10.6. The van der Waals surface area contributed by atoms with Crippen molar-refractivity contribution >= 4 is 10.9 Å². The van der Waals surface area contributed by atoms with Crippen LogP contribution in [0.5, 0.6) is 0 Å². The van der Waals surface area contributed by atoms with E-state index >= 15 is 0 Å². The Morgan fingerprint density at radius 2 is 2.04 bits per heavy atom. The van der Waals surface area contributed by atoms with E-state index in [2.05, 4.69) is 61.1 Å². The molecule has 0 bridgehead atoms. The van der Waals surface area contributed by atoms with Crippen molar-refractivity contribution in [1.82, 2.24) is 9.47 Å². The van der Waals surface area contributed by atoms with Gasteiger partial charge in [0.05, 0.1) is 11.6 Å². The van der Waals surface area contributed by atoms with Crippen LogP contribution in [0.1, 0.15) is 70.2 Å². The van der Waals surface area contributed by atoms with Gasteiger partial charge in [-0.05, 0) is 69.0 Å². The summed E-state index contributed by atoms with van der Waals surface area (Å²) in [5, 5.41) is 1.50. The molecule has 0 N–H and O–H groups in total. The summed E-state index contributed by atoms with van der Waals surface area (Å²) >= 11 is 0. The van der Waals surface area contributed by atoms with Gasteiger partial charge in [0.25, 0.3) is 0 Å². The van der Waals surface area contributed by atoms with Crippen molar-refractivity contribution in [1.29, 1.82) is 0 Å². The minimum Gasteiger partial charge on any atom is -0.335 e. The first kappa shape index (κ1) is 16.6. The van der Waals surface area contributed by atoms with Gasteiger partial charge in [-0.25, -0.2) is 0 Å². The number of hydrogen-bond donors (Lipinski definition) is 0. The van der Waals surface area contributed by atoms with Crippen LogP contribution in [0.25, 0.3) is 10.9 Å². The van der Waals surface area contributed by atoms with Crippen molar-refractivity contribution < 1.29 is 0 Å². The highest BCUT2D eigenvalue weighted by molar-refractivity contribution is 5.87. The Morgan fingerprint density at radius 1 is 1.23 bits per heavy atom. The number of fused-ring (bicyclic) bond motifs is 3. The maximum absolute atomic E-state index is 4.54. The minimum atomic E-state index is 0.178. The van der Waals surface area contributed by atoms with Crippen LogP contribution in [0.2, 0.25) is 0 Å². The first-order valence-corrected chi connectivity index (χ1v) is 10.6. The van der Waals surface area contributed by atoms with Crippen LogP contribution in [0.3, 0.4) is 0 Å². The second kappa shape index (κ2) is 5.48. The Kier molecular flexibility index (Phi) is 3.50. The fourth-order valence-corrected chi connectivity index (χ4v) is 6.82. The summed E-state index contributed by atoms with van der Waals surface area (Å²) in [6, 6.07) is 9.60. The van der Waals surface area contributed by atoms with Gasteiger partial charge < -0.3 is 4.57 Å². The Labute approximate surface area is 157 Å². The largest absolute Gasteiger partial charge is 0.335 e. The number of allylic oxidation sites excluding steroid dienone is 1. The molecule has 0 aliphatic carbocycles. The molecule has 1 saturated heterocycles. The lowest BCUT2D eigenvalue weighted by Crippen LogP contribution is -2.64. The zero-order valence-electron chi connectivity index (χ0n) is 16.6. The highest BCUT2D eigenvalue weighted by Crippen LogP contribution is 2.63. The minimum absolute atomic E-state index is 0.178. The van der Waals surface area contributed by atoms with Crippen molar-refractivity contribution in [3.05, 3.63) is 47.7 Å². The molecule has 4 heterocycles. The number of hydrogen-bond acceptors (Lipinski definition) is 1. The predicted molar refractivity (Wildman–Crippen MR) is 110 cm³/mol. The molecular formula is C24H32N2. The highest BCUT2D eigenvalue weighted by atomic mass is 15.3. The van der Waals surface area contributed by atoms with E-state index in [4.69, 9.17) is 0 Å². The Hall–Kier alpha value is -1.54. The molecule has 2 heteroatoms. The smallest absolute Gasteiger partial charge is 0.0646 e. The molecule has 3 aliphatic rings. The standard InChI is InChI=1S/C24H32N2/c1-5-17(3)21-16-24(6-2)13-9-14-25-15-12-19-18-10-7-8-11-20(18)26(21)22(19)23(24,25)4/h7-8,10-11,21H,3,5-6,9,12-16H2,1-2,4H3/t21?,23-,24+/m1/s1. The molecule has 0 spiro atoms. The molecule has 3 atom stereocenters. The van der Waals surface area contributed by atoms with Crippen LogP contribution < -0.4 is 0 Å². The fourth-order valence-electron chi connectivity index (χ4n) is 6.82. The van der Waals surface area contributed by atoms with Crippen molar-refractivity contribution in [3.8, 4) is 0 Å². The summed E-state index contributed by atoms with van der Waals surface area (Å²) in [5.41, 5.74) is 6.68. The van der Waals surface area contributed by atoms with Crippen LogP contribution in [0.4, 0.5) is 0 Å². The molecule has 0 amide bonds. The molecule has 1 aromatic carbocycles. The maximum atomic E-state index is 4.54. The predicted octanol–water partition coefficient (Wildman–Crippen LogP) is 5.82. The maximum Gasteiger partial charge on any atom is 0.0646 e. The van der Waals surface area contributed by atoms with Crippen molar-refractivity contribution in [3.63, 3.8) is 0 Å². The Morgan fingerprint density at radius 3 is 2.81 bits per heavy atom. The molecular weight excluding hydrogens is 316 g/mol. The average molecular weight is 349 g/mol. The van der Waals surface area contributed by atoms with E-state index in [1.165, 1.54) is 61.7 Å². The van der Waals surface area contributed by atoms with Crippen LogP contribution in [-0.2, 0) is 12.0 Å². The van der Waals surface area contributed by atoms with Crippen LogP contribution in [0.15, 0.2) is 36.4 Å². The molecule has 1 fully saturated rings. The molecule has 138 valence electrons. The third-order valence-corrected chi connectivity index (χ3v) is 8.35. The zero-order chi connectivity index (χ0) is 18.1. The van der Waals surface area contributed by atoms with E-state index in [9.17, 15) is 0 Å². The van der Waals surface area contributed by atoms with Gasteiger partial charge in [0.1, 0.15) is 0 Å². The molecule has 1 unspecified atom stereocenters. The molecule has 1 aromatic heterocycles. The summed E-state index contributed by atoms with van der Waals surface area (Å²) in [6.07, 6.45) is 7.52. The fraction of sp³-hybridized carbons (Fsp3) is 0.583. The lowest BCUT2D eigenvalue weighted by atomic mass is 9.55. The summed E-state index contributed by atoms with van der Waals surface area (Å²) in [7, 11) is 0. The monoisotopic (exact) mass is 348 g/mol. The first-order chi connectivity index (χ1) is 12.6. The summed E-state index contributed by atoms with van der Waals surface area (Å²) in [4.78, 5) is 2.84. The summed E-state index contributed by atoms with van der Waals surface area (Å²) in [5.74, 6) is 0. The summed E-state index contributed by atoms with van der Waals surface area (Å²) < 4.78 is 2.72. The lowest BCUT2D eigenvalue weighted by Gasteiger charge is -2.64. The van der Waals surface area contributed by atoms with Gasteiger partial charge in [-0.2, -0.15) is 0 Å². The number of piperidine rings is 1. The van der Waals surface area contributed by atoms with Crippen molar-refractivity contribution in [2.24, 2.45) is 5.41 Å². The van der Waals surface area contributed by atoms with E-state index in [1.807, 2.05) is 0 Å². The molecule has 2 aromatic rings. The summed E-state index contributed by atoms with van der Waals surface area (Å²) in [6.45, 7) is 14.3. The van der Waals surface area contributed by atoms with Gasteiger partial charge in [0.2, 0.25) is 0 Å². The number of rotatable bonds is 3. The van der Waals surface area contributed by atoms with E-state index in [0.29, 0.717) is 11.5 Å². The second-order valence-corrected chi connectivity index (χ2v) is 8.99. The van der Waals surface area contributed by atoms with E-state index in [0.717, 1.165) is 6.42 Å². The van der Waals surface area contributed by atoms with Gasteiger partial charge in [-0.15, -0.1) is 0 Å². The van der Waals surface area contributed by atoms with Gasteiger partial charge in [-0.1, -0.05) is 44.2 Å². The topological polar surface area (TPSA) is 8.17 Å². The van der Waals surface area contributed by atoms with Gasteiger partial charge in [0, 0.05) is 23.1 Å².